The highest BCUT2D eigenvalue weighted by Gasteiger charge is 2.11. The third kappa shape index (κ3) is 5.33. The molecule has 0 radical (unpaired) electrons. The van der Waals surface area contributed by atoms with Gasteiger partial charge in [-0.2, -0.15) is 0 Å². The van der Waals surface area contributed by atoms with Crippen LogP contribution in [0.5, 0.6) is 5.75 Å². The van der Waals surface area contributed by atoms with E-state index in [1.165, 1.54) is 5.56 Å². The van der Waals surface area contributed by atoms with Gasteiger partial charge in [0, 0.05) is 24.9 Å². The third-order valence-electron chi connectivity index (χ3n) is 4.52. The Kier molecular flexibility index (Phi) is 6.63. The molecule has 28 heavy (non-hydrogen) atoms. The van der Waals surface area contributed by atoms with Gasteiger partial charge in [-0.05, 0) is 22.4 Å². The quantitative estimate of drug-likeness (QED) is 0.592. The van der Waals surface area contributed by atoms with Crippen molar-refractivity contribution < 1.29 is 19.4 Å². The fraction of sp³-hybridized carbons (Fsp3) is 0.217. The van der Waals surface area contributed by atoms with Crippen LogP contribution in [0.25, 0.3) is 10.8 Å². The molecule has 0 aliphatic heterocycles. The first-order chi connectivity index (χ1) is 13.6. The van der Waals surface area contributed by atoms with Crippen LogP contribution in [0.4, 0.5) is 0 Å². The second-order valence-electron chi connectivity index (χ2n) is 6.52. The molecule has 0 atom stereocenters. The summed E-state index contributed by atoms with van der Waals surface area (Å²) in [5.41, 5.74) is 2.10. The summed E-state index contributed by atoms with van der Waals surface area (Å²) >= 11 is 0. The largest absolute Gasteiger partial charge is 0.493 e. The van der Waals surface area contributed by atoms with Gasteiger partial charge < -0.3 is 15.2 Å². The summed E-state index contributed by atoms with van der Waals surface area (Å²) in [6.45, 7) is 0.822. The molecule has 0 saturated carbocycles. The number of carboxylic acids is 1. The number of fused-ring (bicyclic) bond motifs is 1. The van der Waals surface area contributed by atoms with Gasteiger partial charge in [0.1, 0.15) is 5.75 Å². The molecule has 0 aliphatic rings. The monoisotopic (exact) mass is 377 g/mol. The second kappa shape index (κ2) is 9.55. The van der Waals surface area contributed by atoms with Crippen molar-refractivity contribution in [2.45, 2.75) is 25.8 Å². The molecule has 3 aromatic rings. The van der Waals surface area contributed by atoms with Crippen LogP contribution in [0.15, 0.2) is 66.7 Å². The Hall–Kier alpha value is -3.34. The maximum absolute atomic E-state index is 12.0. The van der Waals surface area contributed by atoms with Crippen molar-refractivity contribution in [1.82, 2.24) is 5.32 Å². The first-order valence-corrected chi connectivity index (χ1v) is 9.29. The molecule has 0 bridgehead atoms. The minimum Gasteiger partial charge on any atom is -0.493 e. The number of aliphatic carboxylic acids is 1. The number of carbonyl (C=O) groups excluding carboxylic acids is 1. The number of hydrogen-bond acceptors (Lipinski definition) is 3. The van der Waals surface area contributed by atoms with E-state index in [0.717, 1.165) is 28.5 Å². The first kappa shape index (κ1) is 19.4. The summed E-state index contributed by atoms with van der Waals surface area (Å²) in [7, 11) is 0. The molecule has 0 aromatic heterocycles. The fourth-order valence-corrected chi connectivity index (χ4v) is 3.05. The average Bonchev–Trinajstić information content (AvgIpc) is 2.72. The Morgan fingerprint density at radius 3 is 2.43 bits per heavy atom. The second-order valence-corrected chi connectivity index (χ2v) is 6.52. The Morgan fingerprint density at radius 1 is 0.893 bits per heavy atom. The Balaban J connectivity index is 1.72. The minimum absolute atomic E-state index is 0.0374. The number of benzene rings is 3. The van der Waals surface area contributed by atoms with Gasteiger partial charge in [-0.1, -0.05) is 60.7 Å². The SMILES string of the molecule is O=C(O)CCC(=O)NCc1c(OCCc2ccccc2)ccc2ccccc12. The van der Waals surface area contributed by atoms with E-state index in [0.29, 0.717) is 13.2 Å². The summed E-state index contributed by atoms with van der Waals surface area (Å²) < 4.78 is 6.03. The zero-order valence-electron chi connectivity index (χ0n) is 15.6. The highest BCUT2D eigenvalue weighted by molar-refractivity contribution is 5.88. The van der Waals surface area contributed by atoms with Crippen LogP contribution in [-0.4, -0.2) is 23.6 Å². The molecule has 144 valence electrons. The standard InChI is InChI=1S/C23H23NO4/c25-22(12-13-23(26)27)24-16-20-19-9-5-4-8-18(19)10-11-21(20)28-15-14-17-6-2-1-3-7-17/h1-11H,12-16H2,(H,24,25)(H,26,27). The summed E-state index contributed by atoms with van der Waals surface area (Å²) in [5.74, 6) is -0.538. The molecule has 3 rings (SSSR count). The maximum atomic E-state index is 12.0. The number of hydrogen-bond donors (Lipinski definition) is 2. The van der Waals surface area contributed by atoms with Gasteiger partial charge in [0.15, 0.2) is 0 Å². The van der Waals surface area contributed by atoms with Gasteiger partial charge in [0.05, 0.1) is 13.0 Å². The molecule has 0 heterocycles. The van der Waals surface area contributed by atoms with Crippen LogP contribution in [0.2, 0.25) is 0 Å². The molecule has 0 spiro atoms. The van der Waals surface area contributed by atoms with Gasteiger partial charge in [0.25, 0.3) is 0 Å². The van der Waals surface area contributed by atoms with Crippen LogP contribution in [0.1, 0.15) is 24.0 Å². The number of amides is 1. The molecule has 1 amide bonds. The number of carboxylic acid groups (broad SMARTS) is 1. The molecule has 3 aromatic carbocycles. The molecular weight excluding hydrogens is 354 g/mol. The summed E-state index contributed by atoms with van der Waals surface area (Å²) in [5, 5.41) is 13.6. The van der Waals surface area contributed by atoms with Crippen molar-refractivity contribution in [3.63, 3.8) is 0 Å². The first-order valence-electron chi connectivity index (χ1n) is 9.29. The highest BCUT2D eigenvalue weighted by Crippen LogP contribution is 2.28. The predicted octanol–water partition coefficient (Wildman–Crippen LogP) is 3.94. The summed E-state index contributed by atoms with van der Waals surface area (Å²) in [4.78, 5) is 22.6. The highest BCUT2D eigenvalue weighted by atomic mass is 16.5. The van der Waals surface area contributed by atoms with Gasteiger partial charge in [-0.25, -0.2) is 0 Å². The predicted molar refractivity (Wildman–Crippen MR) is 108 cm³/mol. The molecule has 0 unspecified atom stereocenters. The molecular formula is C23H23NO4. The van der Waals surface area contributed by atoms with Gasteiger partial charge in [0.2, 0.25) is 5.91 Å². The molecule has 5 heteroatoms. The smallest absolute Gasteiger partial charge is 0.303 e. The Morgan fingerprint density at radius 2 is 1.64 bits per heavy atom. The zero-order chi connectivity index (χ0) is 19.8. The Bertz CT molecular complexity index is 953. The lowest BCUT2D eigenvalue weighted by Gasteiger charge is -2.15. The van der Waals surface area contributed by atoms with Crippen molar-refractivity contribution in [3.8, 4) is 5.75 Å². The average molecular weight is 377 g/mol. The van der Waals surface area contributed by atoms with Crippen LogP contribution >= 0.6 is 0 Å². The summed E-state index contributed by atoms with van der Waals surface area (Å²) in [6, 6.07) is 22.0. The van der Waals surface area contributed by atoms with E-state index in [-0.39, 0.29) is 18.7 Å². The lowest BCUT2D eigenvalue weighted by molar-refractivity contribution is -0.138. The van der Waals surface area contributed by atoms with E-state index in [1.807, 2.05) is 54.6 Å². The normalized spacial score (nSPS) is 10.6. The number of rotatable bonds is 9. The number of nitrogens with one attached hydrogen (secondary N) is 1. The van der Waals surface area contributed by atoms with Crippen molar-refractivity contribution in [3.05, 3.63) is 77.9 Å². The molecule has 2 N–H and O–H groups in total. The number of carbonyl (C=O) groups is 2. The van der Waals surface area contributed by atoms with Crippen molar-refractivity contribution in [1.29, 1.82) is 0 Å². The van der Waals surface area contributed by atoms with Crippen LogP contribution in [-0.2, 0) is 22.6 Å². The van der Waals surface area contributed by atoms with Gasteiger partial charge >= 0.3 is 5.97 Å². The van der Waals surface area contributed by atoms with E-state index in [2.05, 4.69) is 17.4 Å². The van der Waals surface area contributed by atoms with E-state index >= 15 is 0 Å². The molecule has 0 fully saturated rings. The van der Waals surface area contributed by atoms with E-state index < -0.39 is 5.97 Å². The maximum Gasteiger partial charge on any atom is 0.303 e. The topological polar surface area (TPSA) is 75.6 Å². The fourth-order valence-electron chi connectivity index (χ4n) is 3.05. The molecule has 0 saturated heterocycles. The minimum atomic E-state index is -0.981. The zero-order valence-corrected chi connectivity index (χ0v) is 15.6. The van der Waals surface area contributed by atoms with Crippen molar-refractivity contribution in [2.24, 2.45) is 0 Å². The van der Waals surface area contributed by atoms with Crippen molar-refractivity contribution >= 4 is 22.6 Å². The number of ether oxygens (including phenoxy) is 1. The lowest BCUT2D eigenvalue weighted by Crippen LogP contribution is -2.23. The van der Waals surface area contributed by atoms with Crippen LogP contribution < -0.4 is 10.1 Å². The molecule has 5 nitrogen and oxygen atoms in total. The summed E-state index contributed by atoms with van der Waals surface area (Å²) in [6.07, 6.45) is 0.574. The van der Waals surface area contributed by atoms with Gasteiger partial charge in [-0.3, -0.25) is 9.59 Å². The van der Waals surface area contributed by atoms with E-state index in [1.54, 1.807) is 0 Å². The van der Waals surface area contributed by atoms with E-state index in [9.17, 15) is 9.59 Å². The van der Waals surface area contributed by atoms with Crippen LogP contribution in [0.3, 0.4) is 0 Å². The Labute approximate surface area is 164 Å². The molecule has 0 aliphatic carbocycles. The van der Waals surface area contributed by atoms with Crippen LogP contribution in [0, 0.1) is 0 Å². The van der Waals surface area contributed by atoms with E-state index in [4.69, 9.17) is 9.84 Å². The van der Waals surface area contributed by atoms with Crippen molar-refractivity contribution in [2.75, 3.05) is 6.61 Å². The third-order valence-corrected chi connectivity index (χ3v) is 4.52. The lowest BCUT2D eigenvalue weighted by atomic mass is 10.0. The van der Waals surface area contributed by atoms with Gasteiger partial charge in [-0.15, -0.1) is 0 Å².